The number of fused-ring (bicyclic) bond motifs is 1. The van der Waals surface area contributed by atoms with Crippen molar-refractivity contribution in [2.24, 2.45) is 0 Å². The number of hydrogen-bond donors (Lipinski definition) is 2. The van der Waals surface area contributed by atoms with Gasteiger partial charge in [-0.2, -0.15) is 4.98 Å². The van der Waals surface area contributed by atoms with E-state index in [1.165, 1.54) is 6.07 Å². The largest absolute Gasteiger partial charge is 0.326 e. The van der Waals surface area contributed by atoms with Gasteiger partial charge in [0.15, 0.2) is 5.82 Å². The molecule has 0 atom stereocenters. The second kappa shape index (κ2) is 7.80. The smallest absolute Gasteiger partial charge is 0.252 e. The van der Waals surface area contributed by atoms with E-state index in [0.717, 1.165) is 0 Å². The highest BCUT2D eigenvalue weighted by Crippen LogP contribution is 2.13. The van der Waals surface area contributed by atoms with Gasteiger partial charge in [0.2, 0.25) is 5.91 Å². The first kappa shape index (κ1) is 17.0. The zero-order valence-corrected chi connectivity index (χ0v) is 13.9. The molecule has 1 aromatic carbocycles. The van der Waals surface area contributed by atoms with E-state index in [4.69, 9.17) is 0 Å². The molecule has 0 radical (unpaired) electrons. The fourth-order valence-electron chi connectivity index (χ4n) is 2.30. The number of nitrogens with zero attached hydrogens (tertiary/aromatic N) is 4. The van der Waals surface area contributed by atoms with E-state index in [1.54, 1.807) is 42.0 Å². The van der Waals surface area contributed by atoms with Crippen LogP contribution in [0.3, 0.4) is 0 Å². The van der Waals surface area contributed by atoms with Gasteiger partial charge in [0.1, 0.15) is 5.82 Å². The number of aryl methyl sites for hydroxylation is 1. The van der Waals surface area contributed by atoms with Crippen LogP contribution in [0.4, 0.5) is 10.1 Å². The molecule has 8 heteroatoms. The van der Waals surface area contributed by atoms with Crippen LogP contribution in [0.1, 0.15) is 17.8 Å². The van der Waals surface area contributed by atoms with Gasteiger partial charge < -0.3 is 10.6 Å². The Balaban J connectivity index is 1.37. The number of amides is 1. The minimum Gasteiger partial charge on any atom is -0.326 e. The molecular formula is C17H19FN6O. The third-order valence-corrected chi connectivity index (χ3v) is 3.67. The van der Waals surface area contributed by atoms with Gasteiger partial charge in [-0.25, -0.2) is 13.9 Å². The first-order valence-corrected chi connectivity index (χ1v) is 8.05. The van der Waals surface area contributed by atoms with Gasteiger partial charge in [0.05, 0.1) is 0 Å². The van der Waals surface area contributed by atoms with Gasteiger partial charge in [0, 0.05) is 44.0 Å². The van der Waals surface area contributed by atoms with Gasteiger partial charge in [-0.3, -0.25) is 4.79 Å². The average molecular weight is 342 g/mol. The van der Waals surface area contributed by atoms with Crippen molar-refractivity contribution in [3.63, 3.8) is 0 Å². The van der Waals surface area contributed by atoms with Crippen LogP contribution in [0.25, 0.3) is 5.78 Å². The van der Waals surface area contributed by atoms with Crippen molar-refractivity contribution in [2.45, 2.75) is 19.8 Å². The van der Waals surface area contributed by atoms with Crippen molar-refractivity contribution in [3.8, 4) is 0 Å². The molecule has 2 aromatic heterocycles. The molecule has 3 rings (SSSR count). The summed E-state index contributed by atoms with van der Waals surface area (Å²) in [5.41, 5.74) is 1.02. The summed E-state index contributed by atoms with van der Waals surface area (Å²) in [6.07, 6.45) is 4.42. The molecule has 3 aromatic rings. The molecule has 130 valence electrons. The summed E-state index contributed by atoms with van der Waals surface area (Å²) in [7, 11) is 0. The Labute approximate surface area is 144 Å². The van der Waals surface area contributed by atoms with Crippen LogP contribution in [0, 0.1) is 12.7 Å². The van der Waals surface area contributed by atoms with Crippen LogP contribution in [0.15, 0.2) is 36.7 Å². The van der Waals surface area contributed by atoms with Crippen LogP contribution in [0.2, 0.25) is 0 Å². The number of carbonyl (C=O) groups excluding carboxylic acids is 1. The number of hydrogen-bond acceptors (Lipinski definition) is 5. The Morgan fingerprint density at radius 3 is 3.00 bits per heavy atom. The zero-order valence-electron chi connectivity index (χ0n) is 13.9. The first-order chi connectivity index (χ1) is 12.1. The molecule has 0 aliphatic rings. The molecule has 0 bridgehead atoms. The van der Waals surface area contributed by atoms with Gasteiger partial charge in [0.25, 0.3) is 5.78 Å². The number of rotatable bonds is 7. The van der Waals surface area contributed by atoms with Crippen molar-refractivity contribution in [3.05, 3.63) is 53.9 Å². The Bertz CT molecular complexity index is 845. The topological polar surface area (TPSA) is 84.2 Å². The number of nitrogens with one attached hydrogen (secondary N) is 2. The monoisotopic (exact) mass is 342 g/mol. The standard InChI is InChI=1S/C17H19FN6O/c1-12-3-4-13(11-14(12)18)21-16(25)6-9-19-8-5-15-22-17-20-7-2-10-24(17)23-15/h2-4,7,10-11,19H,5-6,8-9H2,1H3,(H,21,25). The number of benzene rings is 1. The lowest BCUT2D eigenvalue weighted by atomic mass is 10.2. The van der Waals surface area contributed by atoms with Gasteiger partial charge in [-0.1, -0.05) is 6.07 Å². The van der Waals surface area contributed by atoms with Crippen molar-refractivity contribution in [1.82, 2.24) is 24.9 Å². The van der Waals surface area contributed by atoms with Crippen molar-refractivity contribution < 1.29 is 9.18 Å². The number of halogens is 1. The van der Waals surface area contributed by atoms with E-state index < -0.39 is 0 Å². The highest BCUT2D eigenvalue weighted by atomic mass is 19.1. The molecule has 0 saturated carbocycles. The predicted octanol–water partition coefficient (Wildman–Crippen LogP) is 1.73. The maximum absolute atomic E-state index is 13.4. The molecule has 0 unspecified atom stereocenters. The van der Waals surface area contributed by atoms with E-state index in [9.17, 15) is 9.18 Å². The summed E-state index contributed by atoms with van der Waals surface area (Å²) < 4.78 is 15.1. The highest BCUT2D eigenvalue weighted by Gasteiger charge is 2.06. The molecular weight excluding hydrogens is 323 g/mol. The Kier molecular flexibility index (Phi) is 5.30. The lowest BCUT2D eigenvalue weighted by Gasteiger charge is -2.07. The Morgan fingerprint density at radius 2 is 2.20 bits per heavy atom. The maximum Gasteiger partial charge on any atom is 0.252 e. The molecule has 0 aliphatic carbocycles. The van der Waals surface area contributed by atoms with E-state index in [2.05, 4.69) is 25.7 Å². The van der Waals surface area contributed by atoms with Crippen molar-refractivity contribution >= 4 is 17.4 Å². The summed E-state index contributed by atoms with van der Waals surface area (Å²) in [5.74, 6) is 0.782. The number of carbonyl (C=O) groups is 1. The summed E-state index contributed by atoms with van der Waals surface area (Å²) in [5, 5.41) is 10.2. The van der Waals surface area contributed by atoms with Crippen LogP contribution in [-0.2, 0) is 11.2 Å². The summed E-state index contributed by atoms with van der Waals surface area (Å²) >= 11 is 0. The Morgan fingerprint density at radius 1 is 1.32 bits per heavy atom. The van der Waals surface area contributed by atoms with Gasteiger partial charge >= 0.3 is 0 Å². The summed E-state index contributed by atoms with van der Waals surface area (Å²) in [6, 6.07) is 6.44. The molecule has 2 N–H and O–H groups in total. The second-order valence-corrected chi connectivity index (χ2v) is 5.65. The minimum atomic E-state index is -0.328. The van der Waals surface area contributed by atoms with Crippen LogP contribution in [0.5, 0.6) is 0 Å². The van der Waals surface area contributed by atoms with Crippen LogP contribution >= 0.6 is 0 Å². The van der Waals surface area contributed by atoms with Crippen molar-refractivity contribution in [1.29, 1.82) is 0 Å². The fourth-order valence-corrected chi connectivity index (χ4v) is 2.30. The lowest BCUT2D eigenvalue weighted by molar-refractivity contribution is -0.116. The fraction of sp³-hybridized carbons (Fsp3) is 0.294. The van der Waals surface area contributed by atoms with Crippen LogP contribution < -0.4 is 10.6 Å². The minimum absolute atomic E-state index is 0.161. The average Bonchev–Trinajstić information content (AvgIpc) is 3.00. The third kappa shape index (κ3) is 4.57. The van der Waals surface area contributed by atoms with E-state index in [0.29, 0.717) is 48.8 Å². The van der Waals surface area contributed by atoms with Crippen LogP contribution in [-0.4, -0.2) is 38.6 Å². The lowest BCUT2D eigenvalue weighted by Crippen LogP contribution is -2.24. The summed E-state index contributed by atoms with van der Waals surface area (Å²) in [6.45, 7) is 2.86. The molecule has 2 heterocycles. The normalized spacial score (nSPS) is 11.0. The predicted molar refractivity (Wildman–Crippen MR) is 91.7 cm³/mol. The van der Waals surface area contributed by atoms with Gasteiger partial charge in [-0.15, -0.1) is 5.10 Å². The third-order valence-electron chi connectivity index (χ3n) is 3.67. The number of aromatic nitrogens is 4. The second-order valence-electron chi connectivity index (χ2n) is 5.65. The number of anilines is 1. The highest BCUT2D eigenvalue weighted by molar-refractivity contribution is 5.90. The van der Waals surface area contributed by atoms with Gasteiger partial charge in [-0.05, 0) is 30.7 Å². The maximum atomic E-state index is 13.4. The summed E-state index contributed by atoms with van der Waals surface area (Å²) in [4.78, 5) is 20.3. The molecule has 7 nitrogen and oxygen atoms in total. The molecule has 25 heavy (non-hydrogen) atoms. The first-order valence-electron chi connectivity index (χ1n) is 8.05. The molecule has 1 amide bonds. The SMILES string of the molecule is Cc1ccc(NC(=O)CCNCCc2nc3ncccn3n2)cc1F. The molecule has 0 fully saturated rings. The molecule has 0 saturated heterocycles. The molecule has 0 spiro atoms. The van der Waals surface area contributed by atoms with E-state index in [1.807, 2.05) is 0 Å². The quantitative estimate of drug-likeness (QED) is 0.639. The Hall–Kier alpha value is -2.87. The molecule has 0 aliphatic heterocycles. The zero-order chi connectivity index (χ0) is 17.6. The van der Waals surface area contributed by atoms with E-state index >= 15 is 0 Å². The van der Waals surface area contributed by atoms with E-state index in [-0.39, 0.29) is 11.7 Å². The van der Waals surface area contributed by atoms with Crippen molar-refractivity contribution in [2.75, 3.05) is 18.4 Å².